The summed E-state index contributed by atoms with van der Waals surface area (Å²) >= 11 is 12.8. The van der Waals surface area contributed by atoms with Gasteiger partial charge in [0, 0.05) is 47.8 Å². The van der Waals surface area contributed by atoms with Gasteiger partial charge in [0.05, 0.1) is 0 Å². The molecule has 1 atom stereocenters. The van der Waals surface area contributed by atoms with Crippen molar-refractivity contribution in [3.8, 4) is 0 Å². The van der Waals surface area contributed by atoms with Crippen molar-refractivity contribution < 1.29 is 4.79 Å². The Balaban J connectivity index is 0.00000196. The average Bonchev–Trinajstić information content (AvgIpc) is 3.01. The molecule has 2 aromatic carbocycles. The Bertz CT molecular complexity index is 843. The highest BCUT2D eigenvalue weighted by molar-refractivity contribution is 6.35. The lowest BCUT2D eigenvalue weighted by Crippen LogP contribution is -2.33. The molecule has 4 nitrogen and oxygen atoms in total. The molecule has 1 fully saturated rings. The van der Waals surface area contributed by atoms with Crippen LogP contribution in [0.4, 0.5) is 10.5 Å². The van der Waals surface area contributed by atoms with E-state index < -0.39 is 0 Å². The predicted octanol–water partition coefficient (Wildman–Crippen LogP) is 4.52. The number of benzene rings is 2. The largest absolute Gasteiger partial charge is 0.336 e. The first-order valence-electron chi connectivity index (χ1n) is 8.35. The number of hydrogen-bond donors (Lipinski definition) is 1. The van der Waals surface area contributed by atoms with Gasteiger partial charge >= 0.3 is 6.03 Å². The number of nitrogens with zero attached hydrogens (tertiary/aromatic N) is 2. The number of carbonyl (C=O) groups excluding carboxylic acids is 1. The van der Waals surface area contributed by atoms with Crippen molar-refractivity contribution in [2.24, 2.45) is 0 Å². The van der Waals surface area contributed by atoms with E-state index in [0.29, 0.717) is 23.1 Å². The standard InChI is InChI=1S/C19H19Cl2N3O.ClH/c1-23-10-15(14-8-12(20)9-17(21)16(14)11-23)13-4-2-3-5-18(13)24-7-6-22-19(24)25;/h2-5,8-9,15H,6-7,10-11H2,1H3,(H,22,25);1H/t15-;/m0./s1. The highest BCUT2D eigenvalue weighted by Crippen LogP contribution is 2.41. The van der Waals surface area contributed by atoms with E-state index >= 15 is 0 Å². The molecule has 2 aromatic rings. The van der Waals surface area contributed by atoms with Crippen molar-refractivity contribution >= 4 is 47.3 Å². The molecule has 0 radical (unpaired) electrons. The monoisotopic (exact) mass is 411 g/mol. The van der Waals surface area contributed by atoms with Crippen molar-refractivity contribution in [1.82, 2.24) is 10.2 Å². The summed E-state index contributed by atoms with van der Waals surface area (Å²) in [5.74, 6) is 0.120. The molecule has 0 aromatic heterocycles. The van der Waals surface area contributed by atoms with Gasteiger partial charge in [-0.05, 0) is 41.9 Å². The Hall–Kier alpha value is -1.46. The Morgan fingerprint density at radius 1 is 1.15 bits per heavy atom. The Labute approximate surface area is 169 Å². The molecule has 138 valence electrons. The van der Waals surface area contributed by atoms with Crippen LogP contribution < -0.4 is 10.2 Å². The zero-order valence-corrected chi connectivity index (χ0v) is 16.7. The number of halogens is 3. The molecule has 1 N–H and O–H groups in total. The van der Waals surface area contributed by atoms with Crippen molar-refractivity contribution in [1.29, 1.82) is 0 Å². The van der Waals surface area contributed by atoms with Gasteiger partial charge in [-0.1, -0.05) is 41.4 Å². The fourth-order valence-corrected chi connectivity index (χ4v) is 4.41. The molecule has 26 heavy (non-hydrogen) atoms. The number of anilines is 1. The number of carbonyl (C=O) groups is 1. The molecule has 0 bridgehead atoms. The van der Waals surface area contributed by atoms with Crippen LogP contribution in [-0.2, 0) is 6.54 Å². The van der Waals surface area contributed by atoms with Crippen LogP contribution >= 0.6 is 35.6 Å². The lowest BCUT2D eigenvalue weighted by molar-refractivity contribution is 0.252. The number of amides is 2. The maximum atomic E-state index is 12.2. The minimum absolute atomic E-state index is 0. The number of rotatable bonds is 2. The Morgan fingerprint density at radius 2 is 1.92 bits per heavy atom. The zero-order valence-electron chi connectivity index (χ0n) is 14.3. The number of likely N-dealkylation sites (N-methyl/N-ethyl adjacent to an activating group) is 1. The summed E-state index contributed by atoms with van der Waals surface area (Å²) in [5.41, 5.74) is 4.36. The molecular formula is C19H20Cl3N3O. The zero-order chi connectivity index (χ0) is 17.6. The van der Waals surface area contributed by atoms with Gasteiger partial charge in [0.2, 0.25) is 0 Å². The highest BCUT2D eigenvalue weighted by atomic mass is 35.5. The second-order valence-electron chi connectivity index (χ2n) is 6.65. The molecule has 0 unspecified atom stereocenters. The lowest BCUT2D eigenvalue weighted by Gasteiger charge is -2.35. The number of fused-ring (bicyclic) bond motifs is 1. The maximum absolute atomic E-state index is 12.2. The van der Waals surface area contributed by atoms with Gasteiger partial charge in [0.25, 0.3) is 0 Å². The van der Waals surface area contributed by atoms with Crippen molar-refractivity contribution in [2.45, 2.75) is 12.5 Å². The van der Waals surface area contributed by atoms with Crippen LogP contribution in [0.3, 0.4) is 0 Å². The molecule has 2 aliphatic heterocycles. The molecule has 0 aliphatic carbocycles. The normalized spacial score (nSPS) is 19.7. The first-order valence-corrected chi connectivity index (χ1v) is 9.11. The van der Waals surface area contributed by atoms with E-state index in [9.17, 15) is 4.79 Å². The molecule has 2 aliphatic rings. The Morgan fingerprint density at radius 3 is 2.65 bits per heavy atom. The van der Waals surface area contributed by atoms with E-state index in [1.54, 1.807) is 6.07 Å². The van der Waals surface area contributed by atoms with E-state index in [4.69, 9.17) is 23.2 Å². The molecule has 1 saturated heterocycles. The van der Waals surface area contributed by atoms with E-state index in [2.05, 4.69) is 23.3 Å². The van der Waals surface area contributed by atoms with E-state index in [1.165, 1.54) is 0 Å². The summed E-state index contributed by atoms with van der Waals surface area (Å²) in [4.78, 5) is 16.3. The average molecular weight is 413 g/mol. The van der Waals surface area contributed by atoms with Gasteiger partial charge in [-0.3, -0.25) is 4.90 Å². The highest BCUT2D eigenvalue weighted by Gasteiger charge is 2.31. The summed E-state index contributed by atoms with van der Waals surface area (Å²) in [6.45, 7) is 3.01. The number of nitrogens with one attached hydrogen (secondary N) is 1. The second kappa shape index (κ2) is 7.65. The van der Waals surface area contributed by atoms with Crippen LogP contribution in [0.15, 0.2) is 36.4 Å². The van der Waals surface area contributed by atoms with Crippen molar-refractivity contribution in [2.75, 3.05) is 31.6 Å². The summed E-state index contributed by atoms with van der Waals surface area (Å²) in [6.07, 6.45) is 0. The Kier molecular flexibility index (Phi) is 5.68. The lowest BCUT2D eigenvalue weighted by atomic mass is 9.84. The van der Waals surface area contributed by atoms with Crippen LogP contribution in [0.25, 0.3) is 0 Å². The topological polar surface area (TPSA) is 35.6 Å². The summed E-state index contributed by atoms with van der Waals surface area (Å²) < 4.78 is 0. The van der Waals surface area contributed by atoms with Crippen molar-refractivity contribution in [3.63, 3.8) is 0 Å². The van der Waals surface area contributed by atoms with E-state index in [1.807, 2.05) is 29.2 Å². The van der Waals surface area contributed by atoms with Gasteiger partial charge in [-0.25, -0.2) is 4.79 Å². The molecule has 0 spiro atoms. The van der Waals surface area contributed by atoms with Crippen LogP contribution in [0.5, 0.6) is 0 Å². The fraction of sp³-hybridized carbons (Fsp3) is 0.316. The van der Waals surface area contributed by atoms with E-state index in [0.717, 1.165) is 35.5 Å². The number of hydrogen-bond acceptors (Lipinski definition) is 2. The van der Waals surface area contributed by atoms with Crippen molar-refractivity contribution in [3.05, 3.63) is 63.1 Å². The quantitative estimate of drug-likeness (QED) is 0.787. The first kappa shape index (κ1) is 19.3. The number of para-hydroxylation sites is 1. The summed E-state index contributed by atoms with van der Waals surface area (Å²) in [6, 6.07) is 11.9. The molecular weight excluding hydrogens is 393 g/mol. The molecule has 2 amide bonds. The SMILES string of the molecule is CN1Cc2c(Cl)cc(Cl)cc2[C@H](c2ccccc2N2CCNC2=O)C1.Cl. The third-order valence-corrected chi connectivity index (χ3v) is 5.51. The molecule has 0 saturated carbocycles. The minimum atomic E-state index is -0.0408. The molecule has 2 heterocycles. The van der Waals surface area contributed by atoms with Gasteiger partial charge in [0.1, 0.15) is 0 Å². The first-order chi connectivity index (χ1) is 12.0. The van der Waals surface area contributed by atoms with Gasteiger partial charge in [-0.15, -0.1) is 12.4 Å². The van der Waals surface area contributed by atoms with Crippen LogP contribution in [0, 0.1) is 0 Å². The smallest absolute Gasteiger partial charge is 0.322 e. The molecule has 4 rings (SSSR count). The van der Waals surface area contributed by atoms with Crippen LogP contribution in [-0.4, -0.2) is 37.6 Å². The molecule has 7 heteroatoms. The third kappa shape index (κ3) is 3.39. The minimum Gasteiger partial charge on any atom is -0.336 e. The van der Waals surface area contributed by atoms with Crippen LogP contribution in [0.2, 0.25) is 10.0 Å². The van der Waals surface area contributed by atoms with Gasteiger partial charge in [-0.2, -0.15) is 0 Å². The van der Waals surface area contributed by atoms with Gasteiger partial charge in [0.15, 0.2) is 0 Å². The van der Waals surface area contributed by atoms with Gasteiger partial charge < -0.3 is 10.2 Å². The third-order valence-electron chi connectivity index (χ3n) is 4.95. The summed E-state index contributed by atoms with van der Waals surface area (Å²) in [7, 11) is 2.09. The second-order valence-corrected chi connectivity index (χ2v) is 7.49. The summed E-state index contributed by atoms with van der Waals surface area (Å²) in [5, 5.41) is 4.23. The maximum Gasteiger partial charge on any atom is 0.322 e. The van der Waals surface area contributed by atoms with Crippen LogP contribution in [0.1, 0.15) is 22.6 Å². The fourth-order valence-electron chi connectivity index (χ4n) is 3.84. The van der Waals surface area contributed by atoms with E-state index in [-0.39, 0.29) is 24.4 Å². The number of urea groups is 1. The predicted molar refractivity (Wildman–Crippen MR) is 109 cm³/mol.